The van der Waals surface area contributed by atoms with Crippen molar-refractivity contribution in [1.82, 2.24) is 20.2 Å². The first-order valence-electron chi connectivity index (χ1n) is 7.90. The van der Waals surface area contributed by atoms with E-state index in [2.05, 4.69) is 27.7 Å². The molecule has 1 fully saturated rings. The van der Waals surface area contributed by atoms with Crippen molar-refractivity contribution in [3.8, 4) is 0 Å². The lowest BCUT2D eigenvalue weighted by molar-refractivity contribution is -0.111. The minimum atomic E-state index is -0.312. The smallest absolute Gasteiger partial charge is 0.279 e. The predicted octanol–water partition coefficient (Wildman–Crippen LogP) is 1.43. The maximum atomic E-state index is 12.3. The van der Waals surface area contributed by atoms with Crippen LogP contribution in [0.4, 0.5) is 5.82 Å². The number of hydrogen-bond acceptors (Lipinski definition) is 6. The van der Waals surface area contributed by atoms with Gasteiger partial charge in [0.2, 0.25) is 0 Å². The van der Waals surface area contributed by atoms with Gasteiger partial charge in [0.1, 0.15) is 5.76 Å². The number of fused-ring (bicyclic) bond motifs is 1. The van der Waals surface area contributed by atoms with Crippen molar-refractivity contribution in [2.24, 2.45) is 5.41 Å². The Balaban J connectivity index is 1.45. The summed E-state index contributed by atoms with van der Waals surface area (Å²) in [7, 11) is 0. The average molecular weight is 317 g/mol. The minimum Gasteiger partial charge on any atom is -0.380 e. The second-order valence-electron chi connectivity index (χ2n) is 6.70. The quantitative estimate of drug-likeness (QED) is 0.916. The first-order valence-corrected chi connectivity index (χ1v) is 7.90. The van der Waals surface area contributed by atoms with E-state index in [4.69, 9.17) is 9.26 Å². The van der Waals surface area contributed by atoms with Gasteiger partial charge in [0, 0.05) is 17.4 Å². The number of nitrogens with one attached hydrogen (secondary N) is 1. The number of aromatic nitrogens is 4. The molecule has 1 aliphatic heterocycles. The van der Waals surface area contributed by atoms with Crippen LogP contribution in [0.25, 0.3) is 0 Å². The average Bonchev–Trinajstić information content (AvgIpc) is 3.13. The Labute approximate surface area is 133 Å². The summed E-state index contributed by atoms with van der Waals surface area (Å²) in [4.78, 5) is 12.3. The molecule has 0 spiro atoms. The number of amides is 1. The summed E-state index contributed by atoms with van der Waals surface area (Å²) in [6.45, 7) is 4.23. The molecule has 2 aliphatic rings. The Kier molecular flexibility index (Phi) is 3.41. The van der Waals surface area contributed by atoms with Gasteiger partial charge in [0.25, 0.3) is 5.91 Å². The summed E-state index contributed by atoms with van der Waals surface area (Å²) in [6, 6.07) is 0. The lowest BCUT2D eigenvalue weighted by Gasteiger charge is -2.37. The molecule has 0 radical (unpaired) electrons. The largest absolute Gasteiger partial charge is 0.380 e. The molecule has 8 heteroatoms. The third kappa shape index (κ3) is 2.74. The summed E-state index contributed by atoms with van der Waals surface area (Å²) in [5.41, 5.74) is 1.37. The Morgan fingerprint density at radius 3 is 3.00 bits per heavy atom. The number of carbonyl (C=O) groups excluding carboxylic acids is 1. The van der Waals surface area contributed by atoms with Crippen LogP contribution in [-0.4, -0.2) is 39.3 Å². The molecule has 0 bridgehead atoms. The molecule has 1 amide bonds. The van der Waals surface area contributed by atoms with E-state index < -0.39 is 0 Å². The van der Waals surface area contributed by atoms with Crippen molar-refractivity contribution >= 4 is 11.7 Å². The molecule has 0 aromatic carbocycles. The number of nitrogens with zero attached hydrogens (tertiary/aromatic N) is 4. The van der Waals surface area contributed by atoms with Crippen LogP contribution in [0.5, 0.6) is 0 Å². The second-order valence-corrected chi connectivity index (χ2v) is 6.70. The Bertz CT molecular complexity index is 731. The molecule has 1 saturated heterocycles. The van der Waals surface area contributed by atoms with Gasteiger partial charge in [-0.1, -0.05) is 17.3 Å². The number of rotatable bonds is 4. The van der Waals surface area contributed by atoms with Crippen molar-refractivity contribution in [3.05, 3.63) is 23.2 Å². The first kappa shape index (κ1) is 14.4. The molecule has 1 aliphatic carbocycles. The van der Waals surface area contributed by atoms with Crippen LogP contribution >= 0.6 is 0 Å². The summed E-state index contributed by atoms with van der Waals surface area (Å²) in [6.07, 6.45) is 5.63. The molecule has 1 N–H and O–H groups in total. The van der Waals surface area contributed by atoms with Gasteiger partial charge in [0.05, 0.1) is 26.0 Å². The zero-order valence-electron chi connectivity index (χ0n) is 13.0. The predicted molar refractivity (Wildman–Crippen MR) is 80.0 cm³/mol. The third-order valence-electron chi connectivity index (χ3n) is 4.40. The monoisotopic (exact) mass is 317 g/mol. The van der Waals surface area contributed by atoms with Gasteiger partial charge < -0.3 is 14.6 Å². The lowest BCUT2D eigenvalue weighted by Crippen LogP contribution is -2.43. The highest BCUT2D eigenvalue weighted by molar-refractivity contribution is 6.02. The Hall–Kier alpha value is -2.22. The Morgan fingerprint density at radius 1 is 1.39 bits per heavy atom. The second kappa shape index (κ2) is 5.45. The van der Waals surface area contributed by atoms with Crippen LogP contribution in [0, 0.1) is 5.41 Å². The highest BCUT2D eigenvalue weighted by Crippen LogP contribution is 2.29. The van der Waals surface area contributed by atoms with Gasteiger partial charge in [-0.15, -0.1) is 5.10 Å². The molecular weight excluding hydrogens is 298 g/mol. The van der Waals surface area contributed by atoms with E-state index in [0.717, 1.165) is 37.0 Å². The standard InChI is InChI=1S/C15H19N5O3/c1-15(8-22-9-15)7-20-6-11(17-19-20)14(21)16-13-10-4-2-3-5-12(10)23-18-13/h6H,2-5,7-9H2,1H3,(H,16,18,21). The topological polar surface area (TPSA) is 95.1 Å². The SMILES string of the molecule is CC1(Cn2cc(C(=O)Nc3noc4c3CCCC4)nn2)COC1. The van der Waals surface area contributed by atoms with Crippen molar-refractivity contribution in [3.63, 3.8) is 0 Å². The highest BCUT2D eigenvalue weighted by atomic mass is 16.5. The molecule has 122 valence electrons. The fraction of sp³-hybridized carbons (Fsp3) is 0.600. The zero-order valence-corrected chi connectivity index (χ0v) is 13.0. The van der Waals surface area contributed by atoms with E-state index in [-0.39, 0.29) is 17.0 Å². The number of aryl methyl sites for hydroxylation is 1. The molecule has 3 heterocycles. The van der Waals surface area contributed by atoms with E-state index in [1.807, 2.05) is 0 Å². The molecule has 0 atom stereocenters. The van der Waals surface area contributed by atoms with E-state index in [9.17, 15) is 4.79 Å². The summed E-state index contributed by atoms with van der Waals surface area (Å²) >= 11 is 0. The van der Waals surface area contributed by atoms with E-state index in [1.54, 1.807) is 10.9 Å². The van der Waals surface area contributed by atoms with Gasteiger partial charge in [-0.2, -0.15) is 0 Å². The molecule has 0 unspecified atom stereocenters. The van der Waals surface area contributed by atoms with Crippen molar-refractivity contribution in [1.29, 1.82) is 0 Å². The van der Waals surface area contributed by atoms with Crippen LogP contribution in [0.15, 0.2) is 10.7 Å². The van der Waals surface area contributed by atoms with Crippen LogP contribution in [0.3, 0.4) is 0 Å². The molecule has 2 aromatic rings. The first-order chi connectivity index (χ1) is 11.1. The zero-order chi connectivity index (χ0) is 15.9. The normalized spacial score (nSPS) is 19.0. The van der Waals surface area contributed by atoms with Crippen molar-refractivity contribution in [2.45, 2.75) is 39.2 Å². The van der Waals surface area contributed by atoms with E-state index in [1.165, 1.54) is 0 Å². The summed E-state index contributed by atoms with van der Waals surface area (Å²) in [5.74, 6) is 1.08. The van der Waals surface area contributed by atoms with Crippen LogP contribution < -0.4 is 5.32 Å². The van der Waals surface area contributed by atoms with Crippen molar-refractivity contribution in [2.75, 3.05) is 18.5 Å². The highest BCUT2D eigenvalue weighted by Gasteiger charge is 2.34. The molecule has 4 rings (SSSR count). The van der Waals surface area contributed by atoms with Gasteiger partial charge in [-0.05, 0) is 19.3 Å². The fourth-order valence-electron chi connectivity index (χ4n) is 3.07. The van der Waals surface area contributed by atoms with Crippen molar-refractivity contribution < 1.29 is 14.1 Å². The molecule has 8 nitrogen and oxygen atoms in total. The number of hydrogen-bond donors (Lipinski definition) is 1. The van der Waals surface area contributed by atoms with E-state index >= 15 is 0 Å². The molecule has 23 heavy (non-hydrogen) atoms. The Morgan fingerprint density at radius 2 is 2.22 bits per heavy atom. The number of carbonyl (C=O) groups is 1. The van der Waals surface area contributed by atoms with Crippen LogP contribution in [0.2, 0.25) is 0 Å². The molecule has 2 aromatic heterocycles. The summed E-state index contributed by atoms with van der Waals surface area (Å²) in [5, 5.41) is 14.7. The maximum Gasteiger partial charge on any atom is 0.279 e. The van der Waals surface area contributed by atoms with Crippen LogP contribution in [0.1, 0.15) is 41.6 Å². The van der Waals surface area contributed by atoms with Gasteiger partial charge >= 0.3 is 0 Å². The van der Waals surface area contributed by atoms with E-state index in [0.29, 0.717) is 25.6 Å². The lowest BCUT2D eigenvalue weighted by atomic mass is 9.89. The third-order valence-corrected chi connectivity index (χ3v) is 4.40. The minimum absolute atomic E-state index is 0.0760. The maximum absolute atomic E-state index is 12.3. The molecular formula is C15H19N5O3. The molecule has 0 saturated carbocycles. The number of ether oxygens (including phenoxy) is 1. The fourth-order valence-corrected chi connectivity index (χ4v) is 3.07. The van der Waals surface area contributed by atoms with Gasteiger partial charge in [-0.3, -0.25) is 9.48 Å². The van der Waals surface area contributed by atoms with Gasteiger partial charge in [-0.25, -0.2) is 0 Å². The van der Waals surface area contributed by atoms with Gasteiger partial charge in [0.15, 0.2) is 11.5 Å². The summed E-state index contributed by atoms with van der Waals surface area (Å²) < 4.78 is 12.2. The number of anilines is 1. The van der Waals surface area contributed by atoms with Crippen LogP contribution in [-0.2, 0) is 24.1 Å².